The Labute approximate surface area is 263 Å². The first-order valence-corrected chi connectivity index (χ1v) is 15.4. The van der Waals surface area contributed by atoms with Crippen LogP contribution in [0.25, 0.3) is 0 Å². The molecule has 4 atom stereocenters. The molecule has 0 spiro atoms. The van der Waals surface area contributed by atoms with Crippen LogP contribution in [0, 0.1) is 0 Å². The molecule has 11 nitrogen and oxygen atoms in total. The molecule has 0 bridgehead atoms. The maximum atomic E-state index is 14.1. The molecule has 0 saturated heterocycles. The summed E-state index contributed by atoms with van der Waals surface area (Å²) < 4.78 is 23.3. The summed E-state index contributed by atoms with van der Waals surface area (Å²) in [5.74, 6) is -0.386. The van der Waals surface area contributed by atoms with Crippen LogP contribution in [0.3, 0.4) is 0 Å². The molecule has 0 radical (unpaired) electrons. The monoisotopic (exact) mass is 621 g/mol. The lowest BCUT2D eigenvalue weighted by molar-refractivity contribution is -0.136. The number of hydrogen-bond acceptors (Lipinski definition) is 9. The van der Waals surface area contributed by atoms with Crippen LogP contribution in [0.15, 0.2) is 47.5 Å². The van der Waals surface area contributed by atoms with E-state index in [1.54, 1.807) is 39.0 Å². The van der Waals surface area contributed by atoms with Gasteiger partial charge in [-0.2, -0.15) is 0 Å². The second kappa shape index (κ2) is 12.1. The molecule has 0 unspecified atom stereocenters. The minimum absolute atomic E-state index is 0.0478. The molecule has 2 N–H and O–H groups in total. The van der Waals surface area contributed by atoms with E-state index in [1.807, 2.05) is 45.0 Å². The Hall–Kier alpha value is -3.96. The maximum Gasteiger partial charge on any atom is 0.414 e. The molecule has 11 heteroatoms. The van der Waals surface area contributed by atoms with E-state index in [1.165, 1.54) is 12.0 Å². The van der Waals surface area contributed by atoms with Crippen molar-refractivity contribution in [1.29, 1.82) is 0 Å². The summed E-state index contributed by atoms with van der Waals surface area (Å²) in [5.41, 5.74) is -0.131. The zero-order valence-corrected chi connectivity index (χ0v) is 27.0. The number of aliphatic hydroxyl groups excluding tert-OH is 1. The van der Waals surface area contributed by atoms with Crippen molar-refractivity contribution in [3.05, 3.63) is 64.7 Å². The molecule has 0 saturated carbocycles. The van der Waals surface area contributed by atoms with Crippen LogP contribution in [-0.2, 0) is 25.4 Å². The van der Waals surface area contributed by atoms with Gasteiger partial charge in [-0.25, -0.2) is 14.6 Å². The number of nitrogens with zero attached hydrogens (tertiary/aromatic N) is 2. The molecule has 2 aromatic rings. The fourth-order valence-corrected chi connectivity index (χ4v) is 6.50. The lowest BCUT2D eigenvalue weighted by Crippen LogP contribution is -2.60. The predicted molar refractivity (Wildman–Crippen MR) is 166 cm³/mol. The topological polar surface area (TPSA) is 136 Å². The number of hydrogen-bond donors (Lipinski definition) is 2. The van der Waals surface area contributed by atoms with Crippen LogP contribution < -0.4 is 10.1 Å². The van der Waals surface area contributed by atoms with Gasteiger partial charge in [0.2, 0.25) is 11.9 Å². The summed E-state index contributed by atoms with van der Waals surface area (Å²) in [7, 11) is 1.54. The van der Waals surface area contributed by atoms with Crippen molar-refractivity contribution in [2.75, 3.05) is 13.7 Å². The molecule has 1 aliphatic carbocycles. The van der Waals surface area contributed by atoms with Crippen molar-refractivity contribution in [2.24, 2.45) is 4.99 Å². The van der Waals surface area contributed by atoms with Gasteiger partial charge in [-0.15, -0.1) is 0 Å². The van der Waals surface area contributed by atoms with Gasteiger partial charge < -0.3 is 24.1 Å². The zero-order valence-electron chi connectivity index (χ0n) is 27.0. The van der Waals surface area contributed by atoms with Crippen LogP contribution in [0.4, 0.5) is 4.79 Å². The lowest BCUT2D eigenvalue weighted by Gasteiger charge is -2.43. The molecule has 0 fully saturated rings. The van der Waals surface area contributed by atoms with E-state index in [-0.39, 0.29) is 30.5 Å². The molecule has 2 amide bonds. The van der Waals surface area contributed by atoms with E-state index in [0.717, 1.165) is 11.1 Å². The van der Waals surface area contributed by atoms with Crippen LogP contribution in [0.1, 0.15) is 100.0 Å². The molecule has 0 aromatic heterocycles. The van der Waals surface area contributed by atoms with E-state index >= 15 is 0 Å². The third-order valence-electron chi connectivity index (χ3n) is 8.77. The van der Waals surface area contributed by atoms with Crippen LogP contribution in [0.2, 0.25) is 0 Å². The number of fused-ring (bicyclic) bond motifs is 2. The number of aliphatic hydroxyl groups is 1. The molecule has 2 aliphatic heterocycles. The second-order valence-corrected chi connectivity index (χ2v) is 13.2. The standard InChI is InChI=1S/C34H43N3O8/c1-8-34(9-2)18-26(39)37(30(36-34)35-31(41)45-32(3,4)5)28-23-16-21(14-15-25(23)44-33(28,6)19-42-7)29(40)43-27-22-13-11-10-12-20(22)17-24(27)38/h10-16,24,27-28,38H,8-9,17-19H2,1-7H3,(H,35,36,41)/t24-,27-,28+,33+/m1/s1. The van der Waals surface area contributed by atoms with Gasteiger partial charge >= 0.3 is 12.1 Å². The van der Waals surface area contributed by atoms with Gasteiger partial charge in [-0.1, -0.05) is 38.1 Å². The summed E-state index contributed by atoms with van der Waals surface area (Å²) in [6.45, 7) is 11.1. The SMILES string of the molecule is CCC1(CC)CC(=O)N([C@H]2c3cc(C(=O)O[C@@H]4c5ccccc5C[C@H]4O)ccc3O[C@@]2(C)COC)C(NC(=O)OC(C)(C)C)=N1. The number of aliphatic imine (C=N–C) groups is 1. The van der Waals surface area contributed by atoms with Crippen LogP contribution >= 0.6 is 0 Å². The van der Waals surface area contributed by atoms with Crippen LogP contribution in [-0.4, -0.2) is 70.5 Å². The van der Waals surface area contributed by atoms with E-state index in [4.69, 9.17) is 23.9 Å². The minimum Gasteiger partial charge on any atom is -0.482 e. The molecular formula is C34H43N3O8. The van der Waals surface area contributed by atoms with Gasteiger partial charge in [0.05, 0.1) is 30.2 Å². The van der Waals surface area contributed by atoms with Crippen molar-refractivity contribution in [2.45, 2.75) is 102 Å². The van der Waals surface area contributed by atoms with E-state index < -0.39 is 47.1 Å². The number of carbonyl (C=O) groups is 3. The average molecular weight is 622 g/mol. The summed E-state index contributed by atoms with van der Waals surface area (Å²) >= 11 is 0. The molecule has 5 rings (SSSR count). The number of guanidine groups is 1. The quantitative estimate of drug-likeness (QED) is 0.412. The third kappa shape index (κ3) is 6.28. The van der Waals surface area contributed by atoms with Gasteiger partial charge in [0, 0.05) is 19.1 Å². The third-order valence-corrected chi connectivity index (χ3v) is 8.77. The number of benzene rings is 2. The highest BCUT2D eigenvalue weighted by molar-refractivity contribution is 6.06. The molecule has 45 heavy (non-hydrogen) atoms. The molecule has 2 heterocycles. The smallest absolute Gasteiger partial charge is 0.414 e. The van der Waals surface area contributed by atoms with Gasteiger partial charge in [-0.3, -0.25) is 15.0 Å². The highest BCUT2D eigenvalue weighted by atomic mass is 16.6. The summed E-state index contributed by atoms with van der Waals surface area (Å²) in [6.07, 6.45) is -0.724. The Morgan fingerprint density at radius 2 is 1.84 bits per heavy atom. The highest BCUT2D eigenvalue weighted by Gasteiger charge is 2.54. The Morgan fingerprint density at radius 1 is 1.13 bits per heavy atom. The van der Waals surface area contributed by atoms with E-state index in [0.29, 0.717) is 30.6 Å². The fourth-order valence-electron chi connectivity index (χ4n) is 6.50. The number of nitrogens with one attached hydrogen (secondary N) is 1. The number of ether oxygens (including phenoxy) is 4. The molecule has 3 aliphatic rings. The number of esters is 1. The number of methoxy groups -OCH3 is 1. The predicted octanol–water partition coefficient (Wildman–Crippen LogP) is 5.01. The van der Waals surface area contributed by atoms with Gasteiger partial charge in [-0.05, 0) is 69.9 Å². The molecular weight excluding hydrogens is 578 g/mol. The van der Waals surface area contributed by atoms with E-state index in [9.17, 15) is 19.5 Å². The normalized spacial score (nSPS) is 25.2. The van der Waals surface area contributed by atoms with Gasteiger partial charge in [0.25, 0.3) is 0 Å². The first kappa shape index (κ1) is 32.4. The zero-order chi connectivity index (χ0) is 32.7. The largest absolute Gasteiger partial charge is 0.482 e. The first-order valence-electron chi connectivity index (χ1n) is 15.4. The maximum absolute atomic E-state index is 14.1. The number of rotatable bonds is 7. The Kier molecular flexibility index (Phi) is 8.72. The van der Waals surface area contributed by atoms with Crippen LogP contribution in [0.5, 0.6) is 5.75 Å². The summed E-state index contributed by atoms with van der Waals surface area (Å²) in [6, 6.07) is 11.5. The first-order chi connectivity index (χ1) is 21.2. The summed E-state index contributed by atoms with van der Waals surface area (Å²) in [4.78, 5) is 47.1. The Balaban J connectivity index is 1.54. The van der Waals surface area contributed by atoms with Crippen molar-refractivity contribution < 1.29 is 38.4 Å². The minimum atomic E-state index is -1.11. The fraction of sp³-hybridized carbons (Fsp3) is 0.529. The van der Waals surface area contributed by atoms with Gasteiger partial charge in [0.15, 0.2) is 11.7 Å². The second-order valence-electron chi connectivity index (χ2n) is 13.2. The van der Waals surface area contributed by atoms with Crippen molar-refractivity contribution in [1.82, 2.24) is 10.2 Å². The van der Waals surface area contributed by atoms with Crippen molar-refractivity contribution in [3.63, 3.8) is 0 Å². The highest BCUT2D eigenvalue weighted by Crippen LogP contribution is 2.49. The molecule has 2 aromatic carbocycles. The number of amides is 2. The summed E-state index contributed by atoms with van der Waals surface area (Å²) in [5, 5.41) is 13.4. The molecule has 242 valence electrons. The van der Waals surface area contributed by atoms with E-state index in [2.05, 4.69) is 5.32 Å². The lowest BCUT2D eigenvalue weighted by atomic mass is 9.85. The number of alkyl carbamates (subject to hydrolysis) is 1. The Bertz CT molecular complexity index is 1510. The van der Waals surface area contributed by atoms with Crippen molar-refractivity contribution in [3.8, 4) is 5.75 Å². The Morgan fingerprint density at radius 3 is 2.51 bits per heavy atom. The van der Waals surface area contributed by atoms with Crippen molar-refractivity contribution >= 4 is 23.9 Å². The average Bonchev–Trinajstić information content (AvgIpc) is 3.43. The number of carbonyl (C=O) groups excluding carboxylic acids is 3. The van der Waals surface area contributed by atoms with Gasteiger partial charge in [0.1, 0.15) is 17.4 Å².